The first kappa shape index (κ1) is 24.0. The standard InChI is InChI=1S/C22H30N4O5S/c1-25-9-11-26(12-10-25)16-19-6-8-24-22(15-19)31-13-3-2-7-23-21(27)18-32(28,29)17-20-5-4-14-30-20/h2-6,8,14-15H,7,9-13,16-18H2,1H3,(H,23,27)/b3-2+. The van der Waals surface area contributed by atoms with Gasteiger partial charge in [0.15, 0.2) is 9.84 Å². The van der Waals surface area contributed by atoms with Gasteiger partial charge in [0.25, 0.3) is 0 Å². The molecule has 1 saturated heterocycles. The van der Waals surface area contributed by atoms with Gasteiger partial charge in [0.05, 0.1) is 6.26 Å². The summed E-state index contributed by atoms with van der Waals surface area (Å²) in [5, 5.41) is 2.56. The molecule has 1 aliphatic heterocycles. The van der Waals surface area contributed by atoms with Crippen molar-refractivity contribution in [1.82, 2.24) is 20.1 Å². The summed E-state index contributed by atoms with van der Waals surface area (Å²) >= 11 is 0. The zero-order valence-corrected chi connectivity index (χ0v) is 19.1. The molecule has 1 fully saturated rings. The van der Waals surface area contributed by atoms with Crippen LogP contribution < -0.4 is 10.1 Å². The van der Waals surface area contributed by atoms with E-state index >= 15 is 0 Å². The molecule has 1 aliphatic rings. The molecule has 0 unspecified atom stereocenters. The number of ether oxygens (including phenoxy) is 1. The van der Waals surface area contributed by atoms with Crippen LogP contribution in [-0.4, -0.2) is 81.2 Å². The molecule has 32 heavy (non-hydrogen) atoms. The van der Waals surface area contributed by atoms with Crippen molar-refractivity contribution in [3.8, 4) is 5.88 Å². The molecule has 10 heteroatoms. The Labute approximate surface area is 189 Å². The molecule has 9 nitrogen and oxygen atoms in total. The Morgan fingerprint density at radius 2 is 2.06 bits per heavy atom. The zero-order valence-electron chi connectivity index (χ0n) is 18.3. The lowest BCUT2D eigenvalue weighted by Crippen LogP contribution is -2.43. The van der Waals surface area contributed by atoms with Gasteiger partial charge in [0, 0.05) is 51.5 Å². The van der Waals surface area contributed by atoms with E-state index in [0.29, 0.717) is 18.2 Å². The van der Waals surface area contributed by atoms with Crippen LogP contribution in [0.25, 0.3) is 0 Å². The lowest BCUT2D eigenvalue weighted by molar-refractivity contribution is -0.118. The minimum atomic E-state index is -3.57. The molecule has 0 bridgehead atoms. The van der Waals surface area contributed by atoms with Gasteiger partial charge in [0.2, 0.25) is 11.8 Å². The normalized spacial score (nSPS) is 15.8. The van der Waals surface area contributed by atoms with Crippen LogP contribution in [0.2, 0.25) is 0 Å². The summed E-state index contributed by atoms with van der Waals surface area (Å²) in [6.07, 6.45) is 6.61. The number of nitrogens with zero attached hydrogens (tertiary/aromatic N) is 3. The molecule has 174 valence electrons. The van der Waals surface area contributed by atoms with Gasteiger partial charge in [-0.1, -0.05) is 6.08 Å². The molecule has 3 rings (SSSR count). The van der Waals surface area contributed by atoms with Crippen molar-refractivity contribution in [2.45, 2.75) is 12.3 Å². The van der Waals surface area contributed by atoms with E-state index in [1.54, 1.807) is 30.5 Å². The van der Waals surface area contributed by atoms with Crippen LogP contribution in [0.5, 0.6) is 5.88 Å². The summed E-state index contributed by atoms with van der Waals surface area (Å²) in [5.74, 6) is -0.564. The van der Waals surface area contributed by atoms with Crippen molar-refractivity contribution >= 4 is 15.7 Å². The number of nitrogens with one attached hydrogen (secondary N) is 1. The molecule has 1 amide bonds. The highest BCUT2D eigenvalue weighted by Gasteiger charge is 2.18. The van der Waals surface area contributed by atoms with Crippen molar-refractivity contribution in [2.75, 3.05) is 52.1 Å². The maximum absolute atomic E-state index is 12.0. The molecule has 1 N–H and O–H groups in total. The van der Waals surface area contributed by atoms with Gasteiger partial charge in [0.1, 0.15) is 23.9 Å². The quantitative estimate of drug-likeness (QED) is 0.495. The second-order valence-corrected chi connectivity index (χ2v) is 9.84. The largest absolute Gasteiger partial charge is 0.473 e. The number of hydrogen-bond acceptors (Lipinski definition) is 8. The zero-order chi connectivity index (χ0) is 22.8. The number of carbonyl (C=O) groups is 1. The first-order valence-electron chi connectivity index (χ1n) is 10.5. The predicted octanol–water partition coefficient (Wildman–Crippen LogP) is 1.09. The molecule has 2 aromatic heterocycles. The number of pyridine rings is 1. The van der Waals surface area contributed by atoms with Crippen LogP contribution in [-0.2, 0) is 26.9 Å². The number of hydrogen-bond donors (Lipinski definition) is 1. The number of rotatable bonds is 11. The summed E-state index contributed by atoms with van der Waals surface area (Å²) in [4.78, 5) is 20.8. The van der Waals surface area contributed by atoms with E-state index in [0.717, 1.165) is 38.3 Å². The fourth-order valence-corrected chi connectivity index (χ4v) is 4.46. The van der Waals surface area contributed by atoms with Gasteiger partial charge in [-0.2, -0.15) is 0 Å². The number of carbonyl (C=O) groups excluding carboxylic acids is 1. The first-order valence-corrected chi connectivity index (χ1v) is 12.3. The second-order valence-electron chi connectivity index (χ2n) is 7.78. The molecule has 0 aliphatic carbocycles. The van der Waals surface area contributed by atoms with Crippen molar-refractivity contribution in [2.24, 2.45) is 0 Å². The number of furan rings is 1. The fourth-order valence-electron chi connectivity index (χ4n) is 3.26. The number of piperazine rings is 1. The van der Waals surface area contributed by atoms with E-state index in [4.69, 9.17) is 9.15 Å². The second kappa shape index (κ2) is 11.8. The number of sulfone groups is 1. The Morgan fingerprint density at radius 3 is 2.81 bits per heavy atom. The average Bonchev–Trinajstić information content (AvgIpc) is 3.24. The lowest BCUT2D eigenvalue weighted by atomic mass is 10.2. The third-order valence-corrected chi connectivity index (χ3v) is 6.43. The van der Waals surface area contributed by atoms with Crippen LogP contribution in [0.4, 0.5) is 0 Å². The molecule has 0 spiro atoms. The third kappa shape index (κ3) is 8.45. The van der Waals surface area contributed by atoms with Gasteiger partial charge in [-0.3, -0.25) is 9.69 Å². The summed E-state index contributed by atoms with van der Waals surface area (Å²) in [7, 11) is -1.44. The van der Waals surface area contributed by atoms with Crippen LogP contribution >= 0.6 is 0 Å². The van der Waals surface area contributed by atoms with Gasteiger partial charge in [-0.15, -0.1) is 0 Å². The number of likely N-dealkylation sites (N-methyl/N-ethyl adjacent to an activating group) is 1. The van der Waals surface area contributed by atoms with Gasteiger partial charge in [-0.25, -0.2) is 13.4 Å². The molecule has 0 saturated carbocycles. The minimum absolute atomic E-state index is 0.218. The highest BCUT2D eigenvalue weighted by atomic mass is 32.2. The van der Waals surface area contributed by atoms with E-state index in [1.807, 2.05) is 12.1 Å². The van der Waals surface area contributed by atoms with Gasteiger partial charge >= 0.3 is 0 Å². The first-order chi connectivity index (χ1) is 15.4. The average molecular weight is 463 g/mol. The summed E-state index contributed by atoms with van der Waals surface area (Å²) in [5.41, 5.74) is 1.16. The molecule has 0 atom stereocenters. The van der Waals surface area contributed by atoms with E-state index in [2.05, 4.69) is 27.1 Å². The van der Waals surface area contributed by atoms with Crippen LogP contribution in [0.3, 0.4) is 0 Å². The van der Waals surface area contributed by atoms with E-state index in [-0.39, 0.29) is 12.3 Å². The minimum Gasteiger partial charge on any atom is -0.473 e. The Morgan fingerprint density at radius 1 is 1.25 bits per heavy atom. The maximum Gasteiger partial charge on any atom is 0.235 e. The molecular formula is C22H30N4O5S. The number of aromatic nitrogens is 1. The maximum atomic E-state index is 12.0. The molecule has 3 heterocycles. The molecule has 0 radical (unpaired) electrons. The molecule has 2 aromatic rings. The van der Waals surface area contributed by atoms with E-state index < -0.39 is 21.5 Å². The highest BCUT2D eigenvalue weighted by molar-refractivity contribution is 7.91. The fraction of sp³-hybridized carbons (Fsp3) is 0.455. The summed E-state index contributed by atoms with van der Waals surface area (Å²) in [6, 6.07) is 7.11. The van der Waals surface area contributed by atoms with Crippen LogP contribution in [0, 0.1) is 0 Å². The van der Waals surface area contributed by atoms with Crippen molar-refractivity contribution < 1.29 is 22.4 Å². The molecular weight excluding hydrogens is 432 g/mol. The Kier molecular flexibility index (Phi) is 8.83. The Bertz CT molecular complexity index is 984. The van der Waals surface area contributed by atoms with E-state index in [9.17, 15) is 13.2 Å². The monoisotopic (exact) mass is 462 g/mol. The van der Waals surface area contributed by atoms with Crippen LogP contribution in [0.15, 0.2) is 53.3 Å². The predicted molar refractivity (Wildman–Crippen MR) is 121 cm³/mol. The summed E-state index contributed by atoms with van der Waals surface area (Å²) < 4.78 is 34.7. The van der Waals surface area contributed by atoms with Crippen molar-refractivity contribution in [3.63, 3.8) is 0 Å². The third-order valence-electron chi connectivity index (χ3n) is 5.01. The SMILES string of the molecule is CN1CCN(Cc2ccnc(OC/C=C/CNC(=O)CS(=O)(=O)Cc3ccco3)c2)CC1. The van der Waals surface area contributed by atoms with Crippen molar-refractivity contribution in [1.29, 1.82) is 0 Å². The van der Waals surface area contributed by atoms with Crippen molar-refractivity contribution in [3.05, 3.63) is 60.2 Å². The van der Waals surface area contributed by atoms with Gasteiger partial charge < -0.3 is 19.4 Å². The molecule has 0 aromatic carbocycles. The Hall–Kier alpha value is -2.69. The summed E-state index contributed by atoms with van der Waals surface area (Å²) in [6.45, 7) is 5.64. The van der Waals surface area contributed by atoms with Gasteiger partial charge in [-0.05, 0) is 36.9 Å². The Balaban J connectivity index is 1.34. The highest BCUT2D eigenvalue weighted by Crippen LogP contribution is 2.13. The smallest absolute Gasteiger partial charge is 0.235 e. The number of amides is 1. The lowest BCUT2D eigenvalue weighted by Gasteiger charge is -2.32. The van der Waals surface area contributed by atoms with Crippen LogP contribution in [0.1, 0.15) is 11.3 Å². The topological polar surface area (TPSA) is 105 Å². The van der Waals surface area contributed by atoms with E-state index in [1.165, 1.54) is 6.26 Å².